The molecule has 0 spiro atoms. The Morgan fingerprint density at radius 1 is 1.35 bits per heavy atom. The van der Waals surface area contributed by atoms with Gasteiger partial charge in [-0.3, -0.25) is 4.79 Å². The maximum absolute atomic E-state index is 13.0. The zero-order valence-electron chi connectivity index (χ0n) is 13.2. The number of carbonyl (C=O) groups is 2. The van der Waals surface area contributed by atoms with Gasteiger partial charge < -0.3 is 10.4 Å². The van der Waals surface area contributed by atoms with Crippen molar-refractivity contribution in [3.63, 3.8) is 0 Å². The Hall–Kier alpha value is -1.99. The predicted molar refractivity (Wildman–Crippen MR) is 82.9 cm³/mol. The summed E-state index contributed by atoms with van der Waals surface area (Å²) in [6.45, 7) is 3.38. The highest BCUT2D eigenvalue weighted by molar-refractivity contribution is 5.89. The lowest BCUT2D eigenvalue weighted by molar-refractivity contribution is -0.147. The van der Waals surface area contributed by atoms with E-state index >= 15 is 0 Å². The second-order valence-corrected chi connectivity index (χ2v) is 6.06. The molecule has 0 bridgehead atoms. The van der Waals surface area contributed by atoms with Gasteiger partial charge in [0.25, 0.3) is 0 Å². The lowest BCUT2D eigenvalue weighted by Gasteiger charge is -2.27. The molecule has 1 fully saturated rings. The number of rotatable bonds is 6. The molecule has 1 aromatic rings. The van der Waals surface area contributed by atoms with E-state index in [4.69, 9.17) is 0 Å². The van der Waals surface area contributed by atoms with Crippen LogP contribution in [0.3, 0.4) is 0 Å². The van der Waals surface area contributed by atoms with Crippen LogP contribution in [0.4, 0.5) is 4.39 Å². The van der Waals surface area contributed by atoms with Crippen LogP contribution in [0, 0.1) is 5.82 Å². The fourth-order valence-corrected chi connectivity index (χ4v) is 2.72. The van der Waals surface area contributed by atoms with Crippen LogP contribution in [0.2, 0.25) is 0 Å². The third-order valence-corrected chi connectivity index (χ3v) is 4.11. The Labute approximate surface area is 134 Å². The van der Waals surface area contributed by atoms with Crippen molar-refractivity contribution in [2.24, 2.45) is 0 Å². The number of aliphatic carboxylic acids is 1. The lowest BCUT2D eigenvalue weighted by Crippen LogP contribution is -2.56. The van der Waals surface area contributed by atoms with Crippen molar-refractivity contribution in [1.82, 2.24) is 16.2 Å². The van der Waals surface area contributed by atoms with Crippen LogP contribution in [-0.4, -0.2) is 28.6 Å². The van der Waals surface area contributed by atoms with E-state index in [-0.39, 0.29) is 17.8 Å². The molecule has 126 valence electrons. The largest absolute Gasteiger partial charge is 0.480 e. The van der Waals surface area contributed by atoms with Gasteiger partial charge in [0.1, 0.15) is 17.4 Å². The topological polar surface area (TPSA) is 90.5 Å². The Balaban J connectivity index is 1.99. The highest BCUT2D eigenvalue weighted by Gasteiger charge is 2.38. The molecule has 0 aromatic heterocycles. The van der Waals surface area contributed by atoms with E-state index in [1.807, 2.05) is 6.92 Å². The Morgan fingerprint density at radius 2 is 2.00 bits per heavy atom. The summed E-state index contributed by atoms with van der Waals surface area (Å²) in [4.78, 5) is 23.7. The van der Waals surface area contributed by atoms with Crippen molar-refractivity contribution >= 4 is 11.9 Å². The molecule has 3 atom stereocenters. The van der Waals surface area contributed by atoms with Crippen LogP contribution in [-0.2, 0) is 9.59 Å². The van der Waals surface area contributed by atoms with E-state index in [1.54, 1.807) is 12.1 Å². The zero-order chi connectivity index (χ0) is 17.0. The SMILES string of the molecule is CCCC(C)(NC(=O)C1CC(c2ccc(F)cc2)NN1)C(=O)O. The van der Waals surface area contributed by atoms with Gasteiger partial charge in [0, 0.05) is 6.04 Å². The zero-order valence-corrected chi connectivity index (χ0v) is 13.2. The number of hydrogen-bond donors (Lipinski definition) is 4. The molecule has 3 unspecified atom stereocenters. The fourth-order valence-electron chi connectivity index (χ4n) is 2.72. The first-order valence-electron chi connectivity index (χ1n) is 7.67. The summed E-state index contributed by atoms with van der Waals surface area (Å²) in [6, 6.07) is 5.38. The van der Waals surface area contributed by atoms with Gasteiger partial charge in [0.2, 0.25) is 5.91 Å². The number of hydrazine groups is 1. The third kappa shape index (κ3) is 4.05. The summed E-state index contributed by atoms with van der Waals surface area (Å²) in [6.07, 6.45) is 1.46. The van der Waals surface area contributed by atoms with Gasteiger partial charge in [0.05, 0.1) is 0 Å². The standard InChI is InChI=1S/C16H22FN3O3/c1-3-8-16(2,15(22)23)18-14(21)13-9-12(19-20-13)10-4-6-11(17)7-5-10/h4-7,12-13,19-20H,3,8-9H2,1-2H3,(H,18,21)(H,22,23). The summed E-state index contributed by atoms with van der Waals surface area (Å²) in [7, 11) is 0. The molecule has 6 nitrogen and oxygen atoms in total. The number of halogens is 1. The Kier molecular flexibility index (Phi) is 5.33. The van der Waals surface area contributed by atoms with Gasteiger partial charge in [-0.25, -0.2) is 20.0 Å². The van der Waals surface area contributed by atoms with E-state index in [0.717, 1.165) is 5.56 Å². The lowest BCUT2D eigenvalue weighted by atomic mass is 9.95. The molecule has 0 aliphatic carbocycles. The summed E-state index contributed by atoms with van der Waals surface area (Å²) in [5, 5.41) is 11.9. The number of nitrogens with one attached hydrogen (secondary N) is 3. The molecule has 0 radical (unpaired) electrons. The normalized spacial score (nSPS) is 23.3. The summed E-state index contributed by atoms with van der Waals surface area (Å²) in [5.74, 6) is -1.72. The second kappa shape index (κ2) is 7.06. The molecular weight excluding hydrogens is 301 g/mol. The van der Waals surface area contributed by atoms with Crippen LogP contribution in [0.5, 0.6) is 0 Å². The quantitative estimate of drug-likeness (QED) is 0.637. The van der Waals surface area contributed by atoms with E-state index in [0.29, 0.717) is 19.3 Å². The summed E-state index contributed by atoms with van der Waals surface area (Å²) >= 11 is 0. The van der Waals surface area contributed by atoms with Crippen molar-refractivity contribution in [1.29, 1.82) is 0 Å². The van der Waals surface area contributed by atoms with Crippen LogP contribution >= 0.6 is 0 Å². The number of carbonyl (C=O) groups excluding carboxylic acids is 1. The summed E-state index contributed by atoms with van der Waals surface area (Å²) in [5.41, 5.74) is 5.45. The van der Waals surface area contributed by atoms with Crippen molar-refractivity contribution in [2.75, 3.05) is 0 Å². The molecule has 1 saturated heterocycles. The number of benzene rings is 1. The maximum Gasteiger partial charge on any atom is 0.329 e. The maximum atomic E-state index is 13.0. The average Bonchev–Trinajstić information content (AvgIpc) is 2.98. The predicted octanol–water partition coefficient (Wildman–Crippen LogP) is 1.49. The second-order valence-electron chi connectivity index (χ2n) is 6.06. The molecule has 1 aliphatic heterocycles. The van der Waals surface area contributed by atoms with Crippen molar-refractivity contribution < 1.29 is 19.1 Å². The Bertz CT molecular complexity index is 578. The number of carboxylic acid groups (broad SMARTS) is 1. The van der Waals surface area contributed by atoms with E-state index in [1.165, 1.54) is 19.1 Å². The average molecular weight is 323 g/mol. The molecule has 7 heteroatoms. The van der Waals surface area contributed by atoms with Gasteiger partial charge in [-0.1, -0.05) is 25.5 Å². The number of amides is 1. The molecule has 0 saturated carbocycles. The third-order valence-electron chi connectivity index (χ3n) is 4.11. The number of carboxylic acids is 1. The minimum Gasteiger partial charge on any atom is -0.480 e. The molecule has 4 N–H and O–H groups in total. The van der Waals surface area contributed by atoms with Gasteiger partial charge in [-0.05, 0) is 37.5 Å². The van der Waals surface area contributed by atoms with Crippen LogP contribution in [0.25, 0.3) is 0 Å². The van der Waals surface area contributed by atoms with Crippen LogP contribution in [0.1, 0.15) is 44.7 Å². The molecule has 1 aromatic carbocycles. The van der Waals surface area contributed by atoms with Crippen molar-refractivity contribution in [2.45, 2.75) is 50.7 Å². The van der Waals surface area contributed by atoms with Gasteiger partial charge in [-0.2, -0.15) is 0 Å². The highest BCUT2D eigenvalue weighted by Crippen LogP contribution is 2.23. The fraction of sp³-hybridized carbons (Fsp3) is 0.500. The number of hydrogen-bond acceptors (Lipinski definition) is 4. The van der Waals surface area contributed by atoms with E-state index in [2.05, 4.69) is 16.2 Å². The van der Waals surface area contributed by atoms with Crippen LogP contribution < -0.4 is 16.2 Å². The smallest absolute Gasteiger partial charge is 0.329 e. The molecule has 2 rings (SSSR count). The molecular formula is C16H22FN3O3. The Morgan fingerprint density at radius 3 is 2.57 bits per heavy atom. The minimum absolute atomic E-state index is 0.131. The van der Waals surface area contributed by atoms with Gasteiger partial charge in [0.15, 0.2) is 0 Å². The minimum atomic E-state index is -1.28. The monoisotopic (exact) mass is 323 g/mol. The highest BCUT2D eigenvalue weighted by atomic mass is 19.1. The summed E-state index contributed by atoms with van der Waals surface area (Å²) < 4.78 is 13.0. The van der Waals surface area contributed by atoms with Gasteiger partial charge in [-0.15, -0.1) is 0 Å². The first kappa shape index (κ1) is 17.4. The van der Waals surface area contributed by atoms with Crippen LogP contribution in [0.15, 0.2) is 24.3 Å². The van der Waals surface area contributed by atoms with E-state index < -0.39 is 17.6 Å². The molecule has 1 heterocycles. The first-order chi connectivity index (χ1) is 10.9. The van der Waals surface area contributed by atoms with Gasteiger partial charge >= 0.3 is 5.97 Å². The van der Waals surface area contributed by atoms with E-state index in [9.17, 15) is 19.1 Å². The molecule has 23 heavy (non-hydrogen) atoms. The first-order valence-corrected chi connectivity index (χ1v) is 7.67. The molecule has 1 amide bonds. The van der Waals surface area contributed by atoms with Crippen molar-refractivity contribution in [3.8, 4) is 0 Å². The molecule has 1 aliphatic rings. The van der Waals surface area contributed by atoms with Crippen molar-refractivity contribution in [3.05, 3.63) is 35.6 Å².